The van der Waals surface area contributed by atoms with Gasteiger partial charge in [-0.1, -0.05) is 0 Å². The molecule has 0 aliphatic carbocycles. The lowest BCUT2D eigenvalue weighted by Crippen LogP contribution is -2.51. The van der Waals surface area contributed by atoms with Crippen LogP contribution in [0.15, 0.2) is 42.0 Å². The van der Waals surface area contributed by atoms with Gasteiger partial charge in [0, 0.05) is 42.8 Å². The predicted molar refractivity (Wildman–Crippen MR) is 98.0 cm³/mol. The second-order valence-electron chi connectivity index (χ2n) is 6.29. The summed E-state index contributed by atoms with van der Waals surface area (Å²) in [5.74, 6) is -0.321. The Hall–Kier alpha value is -2.58. The quantitative estimate of drug-likeness (QED) is 0.769. The van der Waals surface area contributed by atoms with Crippen LogP contribution < -0.4 is 5.32 Å². The molecule has 3 aromatic rings. The lowest BCUT2D eigenvalue weighted by Gasteiger charge is -2.31. The Morgan fingerprint density at radius 1 is 1.35 bits per heavy atom. The minimum atomic E-state index is -0.286. The molecule has 1 N–H and O–H groups in total. The van der Waals surface area contributed by atoms with Crippen LogP contribution in [-0.2, 0) is 0 Å². The van der Waals surface area contributed by atoms with E-state index in [1.807, 2.05) is 11.1 Å². The van der Waals surface area contributed by atoms with Crippen molar-refractivity contribution in [2.75, 3.05) is 19.6 Å². The van der Waals surface area contributed by atoms with Crippen molar-refractivity contribution < 1.29 is 9.18 Å². The molecule has 4 rings (SSSR count). The molecule has 1 aliphatic rings. The number of rotatable bonds is 3. The fourth-order valence-corrected chi connectivity index (χ4v) is 3.72. The highest BCUT2D eigenvalue weighted by Gasteiger charge is 2.23. The van der Waals surface area contributed by atoms with E-state index >= 15 is 0 Å². The lowest BCUT2D eigenvalue weighted by molar-refractivity contribution is 0.0704. The average molecular weight is 371 g/mol. The molecule has 0 bridgehead atoms. The van der Waals surface area contributed by atoms with Gasteiger partial charge in [0.15, 0.2) is 0 Å². The topological polar surface area (TPSA) is 63.1 Å². The van der Waals surface area contributed by atoms with E-state index in [0.29, 0.717) is 24.8 Å². The van der Waals surface area contributed by atoms with E-state index in [9.17, 15) is 9.18 Å². The number of carbonyl (C=O) groups is 1. The van der Waals surface area contributed by atoms with Gasteiger partial charge in [-0.05, 0) is 31.2 Å². The second-order valence-corrected chi connectivity index (χ2v) is 7.15. The van der Waals surface area contributed by atoms with Crippen LogP contribution >= 0.6 is 11.3 Å². The first kappa shape index (κ1) is 16.9. The van der Waals surface area contributed by atoms with Gasteiger partial charge in [-0.25, -0.2) is 14.1 Å². The molecule has 1 fully saturated rings. The van der Waals surface area contributed by atoms with Crippen molar-refractivity contribution in [3.8, 4) is 16.3 Å². The number of aromatic nitrogens is 3. The Morgan fingerprint density at radius 3 is 2.92 bits per heavy atom. The number of thiazole rings is 1. The van der Waals surface area contributed by atoms with Crippen molar-refractivity contribution in [3.05, 3.63) is 53.6 Å². The summed E-state index contributed by atoms with van der Waals surface area (Å²) in [6.45, 7) is 4.25. The number of piperazine rings is 1. The third-order valence-electron chi connectivity index (χ3n) is 4.30. The number of hydrogen-bond acceptors (Lipinski definition) is 5. The first-order chi connectivity index (χ1) is 12.6. The fraction of sp³-hybridized carbons (Fsp3) is 0.278. The van der Waals surface area contributed by atoms with E-state index in [0.717, 1.165) is 22.8 Å². The van der Waals surface area contributed by atoms with Crippen molar-refractivity contribution in [1.29, 1.82) is 0 Å². The maximum Gasteiger partial charge on any atom is 0.273 e. The zero-order valence-electron chi connectivity index (χ0n) is 14.2. The van der Waals surface area contributed by atoms with E-state index in [1.54, 1.807) is 28.4 Å². The van der Waals surface area contributed by atoms with E-state index in [1.165, 1.54) is 23.5 Å². The van der Waals surface area contributed by atoms with Crippen LogP contribution in [0.25, 0.3) is 16.3 Å². The summed E-state index contributed by atoms with van der Waals surface area (Å²) in [5.41, 5.74) is 2.06. The van der Waals surface area contributed by atoms with Gasteiger partial charge in [0.1, 0.15) is 16.5 Å². The Morgan fingerprint density at radius 2 is 2.15 bits per heavy atom. The maximum absolute atomic E-state index is 13.1. The van der Waals surface area contributed by atoms with Gasteiger partial charge in [0.05, 0.1) is 11.9 Å². The summed E-state index contributed by atoms with van der Waals surface area (Å²) >= 11 is 1.42. The molecule has 1 atom stereocenters. The lowest BCUT2D eigenvalue weighted by atomic mass is 10.2. The van der Waals surface area contributed by atoms with Gasteiger partial charge < -0.3 is 10.2 Å². The van der Waals surface area contributed by atoms with Crippen LogP contribution in [0.5, 0.6) is 0 Å². The molecule has 8 heteroatoms. The minimum absolute atomic E-state index is 0.0354. The van der Waals surface area contributed by atoms with Gasteiger partial charge in [-0.2, -0.15) is 5.10 Å². The standard InChI is InChI=1S/C18H18FN5OS/c1-12-9-23(7-6-20-12)18(25)16-11-26-17(22-16)13-8-21-24(10-13)15-4-2-14(19)3-5-15/h2-5,8,10-12,20H,6-7,9H2,1H3. The molecule has 0 radical (unpaired) electrons. The van der Waals surface area contributed by atoms with Gasteiger partial charge in [0.25, 0.3) is 5.91 Å². The van der Waals surface area contributed by atoms with Crippen molar-refractivity contribution in [3.63, 3.8) is 0 Å². The third-order valence-corrected chi connectivity index (χ3v) is 5.19. The summed E-state index contributed by atoms with van der Waals surface area (Å²) in [6, 6.07) is 6.40. The Labute approximate surface area is 154 Å². The average Bonchev–Trinajstić information content (AvgIpc) is 3.31. The number of nitrogens with zero attached hydrogens (tertiary/aromatic N) is 4. The van der Waals surface area contributed by atoms with Crippen LogP contribution in [0.4, 0.5) is 4.39 Å². The largest absolute Gasteiger partial charge is 0.334 e. The van der Waals surface area contributed by atoms with E-state index in [-0.39, 0.29) is 11.7 Å². The number of carbonyl (C=O) groups excluding carboxylic acids is 1. The highest BCUT2D eigenvalue weighted by Crippen LogP contribution is 2.25. The summed E-state index contributed by atoms with van der Waals surface area (Å²) < 4.78 is 14.7. The van der Waals surface area contributed by atoms with Gasteiger partial charge in [-0.3, -0.25) is 4.79 Å². The summed E-state index contributed by atoms with van der Waals surface area (Å²) in [4.78, 5) is 19.0. The van der Waals surface area contributed by atoms with Gasteiger partial charge in [-0.15, -0.1) is 11.3 Å². The van der Waals surface area contributed by atoms with Crippen LogP contribution in [0.2, 0.25) is 0 Å². The predicted octanol–water partition coefficient (Wildman–Crippen LogP) is 2.57. The molecule has 1 aromatic carbocycles. The first-order valence-corrected chi connectivity index (χ1v) is 9.27. The number of hydrogen-bond donors (Lipinski definition) is 1. The maximum atomic E-state index is 13.1. The fourth-order valence-electron chi connectivity index (χ4n) is 2.95. The molecule has 134 valence electrons. The molecule has 0 saturated carbocycles. The van der Waals surface area contributed by atoms with Gasteiger partial charge >= 0.3 is 0 Å². The molecular formula is C18H18FN5OS. The second kappa shape index (κ2) is 6.97. The van der Waals surface area contributed by atoms with Crippen LogP contribution in [-0.4, -0.2) is 51.2 Å². The third kappa shape index (κ3) is 3.38. The Kier molecular flexibility index (Phi) is 4.52. The van der Waals surface area contributed by atoms with E-state index in [2.05, 4.69) is 22.3 Å². The monoisotopic (exact) mass is 371 g/mol. The van der Waals surface area contributed by atoms with Crippen LogP contribution in [0, 0.1) is 5.82 Å². The molecule has 6 nitrogen and oxygen atoms in total. The van der Waals surface area contributed by atoms with Crippen LogP contribution in [0.1, 0.15) is 17.4 Å². The Balaban J connectivity index is 1.53. The highest BCUT2D eigenvalue weighted by molar-refractivity contribution is 7.13. The minimum Gasteiger partial charge on any atom is -0.334 e. The molecule has 1 unspecified atom stereocenters. The number of halogens is 1. The number of nitrogens with one attached hydrogen (secondary N) is 1. The van der Waals surface area contributed by atoms with Crippen molar-refractivity contribution in [2.24, 2.45) is 0 Å². The molecule has 1 aliphatic heterocycles. The molecule has 1 amide bonds. The van der Waals surface area contributed by atoms with Crippen LogP contribution in [0.3, 0.4) is 0 Å². The number of benzene rings is 1. The van der Waals surface area contributed by atoms with Crippen molar-refractivity contribution >= 4 is 17.2 Å². The molecule has 3 heterocycles. The highest BCUT2D eigenvalue weighted by atomic mass is 32.1. The summed E-state index contributed by atoms with van der Waals surface area (Å²) in [6.07, 6.45) is 3.52. The van der Waals surface area contributed by atoms with Crippen molar-refractivity contribution in [2.45, 2.75) is 13.0 Å². The summed E-state index contributed by atoms with van der Waals surface area (Å²) in [7, 11) is 0. The molecule has 26 heavy (non-hydrogen) atoms. The zero-order valence-corrected chi connectivity index (χ0v) is 15.0. The zero-order chi connectivity index (χ0) is 18.1. The van der Waals surface area contributed by atoms with E-state index < -0.39 is 0 Å². The van der Waals surface area contributed by atoms with E-state index in [4.69, 9.17) is 0 Å². The first-order valence-electron chi connectivity index (χ1n) is 8.39. The molecule has 1 saturated heterocycles. The normalized spacial score (nSPS) is 17.5. The Bertz CT molecular complexity index is 920. The van der Waals surface area contributed by atoms with Gasteiger partial charge in [0.2, 0.25) is 0 Å². The number of amides is 1. The SMILES string of the molecule is CC1CN(C(=O)c2csc(-c3cnn(-c4ccc(F)cc4)c3)n2)CCN1. The van der Waals surface area contributed by atoms with Crippen molar-refractivity contribution in [1.82, 2.24) is 25.0 Å². The summed E-state index contributed by atoms with van der Waals surface area (Å²) in [5, 5.41) is 10.2. The molecule has 0 spiro atoms. The smallest absolute Gasteiger partial charge is 0.273 e. The molecular weight excluding hydrogens is 353 g/mol. The molecule has 2 aromatic heterocycles.